The van der Waals surface area contributed by atoms with Gasteiger partial charge in [0.15, 0.2) is 0 Å². The van der Waals surface area contributed by atoms with Crippen LogP contribution in [0.2, 0.25) is 0 Å². The summed E-state index contributed by atoms with van der Waals surface area (Å²) in [5.41, 5.74) is 7.75. The molecule has 1 aromatic heterocycles. The lowest BCUT2D eigenvalue weighted by molar-refractivity contribution is 0.0919. The van der Waals surface area contributed by atoms with Crippen LogP contribution in [0.4, 0.5) is 0 Å². The lowest BCUT2D eigenvalue weighted by atomic mass is 10.1. The molecule has 0 saturated heterocycles. The fourth-order valence-electron chi connectivity index (χ4n) is 1.76. The number of hydrogen-bond donors (Lipinski definition) is 2. The smallest absolute Gasteiger partial charge is 0.267 e. The molecule has 0 unspecified atom stereocenters. The number of nitrogens with one attached hydrogen (secondary N) is 2. The van der Waals surface area contributed by atoms with Gasteiger partial charge < -0.3 is 0 Å². The van der Waals surface area contributed by atoms with Gasteiger partial charge in [-0.1, -0.05) is 18.2 Å². The number of pyridine rings is 1. The maximum absolute atomic E-state index is 11.5. The van der Waals surface area contributed by atoms with Crippen LogP contribution in [0.3, 0.4) is 0 Å². The molecule has 1 amide bonds. The van der Waals surface area contributed by atoms with E-state index in [1.165, 1.54) is 0 Å². The molecule has 0 saturated carbocycles. The number of amides is 1. The molecule has 0 atom stereocenters. The van der Waals surface area contributed by atoms with Gasteiger partial charge in [0.25, 0.3) is 5.91 Å². The number of hydrogen-bond acceptors (Lipinski definition) is 3. The largest absolute Gasteiger partial charge is 0.287 e. The SMILES string of the molecule is O=C1NNCc2nc3ccccc3cc21. The Morgan fingerprint density at radius 1 is 1.27 bits per heavy atom. The van der Waals surface area contributed by atoms with Gasteiger partial charge in [0, 0.05) is 5.39 Å². The monoisotopic (exact) mass is 199 g/mol. The minimum atomic E-state index is -0.116. The summed E-state index contributed by atoms with van der Waals surface area (Å²) in [6.07, 6.45) is 0. The van der Waals surface area contributed by atoms with Crippen LogP contribution in [0.25, 0.3) is 10.9 Å². The van der Waals surface area contributed by atoms with Crippen molar-refractivity contribution in [3.8, 4) is 0 Å². The van der Waals surface area contributed by atoms with E-state index in [-0.39, 0.29) is 5.91 Å². The van der Waals surface area contributed by atoms with E-state index in [0.717, 1.165) is 16.6 Å². The molecule has 1 aliphatic heterocycles. The lowest BCUT2D eigenvalue weighted by Crippen LogP contribution is -2.42. The van der Waals surface area contributed by atoms with Crippen molar-refractivity contribution in [2.24, 2.45) is 0 Å². The van der Waals surface area contributed by atoms with Crippen LogP contribution in [0.5, 0.6) is 0 Å². The molecule has 1 aromatic carbocycles. The van der Waals surface area contributed by atoms with Crippen LogP contribution in [-0.2, 0) is 6.54 Å². The molecule has 4 nitrogen and oxygen atoms in total. The third kappa shape index (κ3) is 1.27. The zero-order valence-electron chi connectivity index (χ0n) is 7.95. The lowest BCUT2D eigenvalue weighted by Gasteiger charge is -2.16. The molecular formula is C11H9N3O. The van der Waals surface area contributed by atoms with E-state index in [2.05, 4.69) is 15.8 Å². The molecule has 2 heterocycles. The third-order valence-electron chi connectivity index (χ3n) is 2.51. The van der Waals surface area contributed by atoms with Crippen LogP contribution in [0.15, 0.2) is 30.3 Å². The Morgan fingerprint density at radius 2 is 2.13 bits per heavy atom. The Hall–Kier alpha value is -1.94. The Kier molecular flexibility index (Phi) is 1.69. The highest BCUT2D eigenvalue weighted by atomic mass is 16.2. The summed E-state index contributed by atoms with van der Waals surface area (Å²) >= 11 is 0. The van der Waals surface area contributed by atoms with Crippen LogP contribution in [0.1, 0.15) is 16.1 Å². The Labute approximate surface area is 86.3 Å². The zero-order chi connectivity index (χ0) is 10.3. The summed E-state index contributed by atoms with van der Waals surface area (Å²) in [6.45, 7) is 0.575. The van der Waals surface area contributed by atoms with Gasteiger partial charge in [0.2, 0.25) is 0 Å². The molecule has 2 N–H and O–H groups in total. The van der Waals surface area contributed by atoms with E-state index < -0.39 is 0 Å². The van der Waals surface area contributed by atoms with Crippen molar-refractivity contribution in [3.63, 3.8) is 0 Å². The zero-order valence-corrected chi connectivity index (χ0v) is 7.95. The quantitative estimate of drug-likeness (QED) is 0.665. The van der Waals surface area contributed by atoms with Gasteiger partial charge in [0.1, 0.15) is 0 Å². The normalized spacial score (nSPS) is 14.8. The van der Waals surface area contributed by atoms with Crippen LogP contribution in [-0.4, -0.2) is 10.9 Å². The third-order valence-corrected chi connectivity index (χ3v) is 2.51. The molecule has 0 spiro atoms. The van der Waals surface area contributed by atoms with Gasteiger partial charge in [-0.05, 0) is 12.1 Å². The second kappa shape index (κ2) is 3.03. The van der Waals surface area contributed by atoms with E-state index >= 15 is 0 Å². The molecular weight excluding hydrogens is 190 g/mol. The summed E-state index contributed by atoms with van der Waals surface area (Å²) < 4.78 is 0. The number of benzene rings is 1. The van der Waals surface area contributed by atoms with Crippen molar-refractivity contribution in [2.75, 3.05) is 0 Å². The highest BCUT2D eigenvalue weighted by Crippen LogP contribution is 2.17. The van der Waals surface area contributed by atoms with Gasteiger partial charge in [-0.25, -0.2) is 5.43 Å². The van der Waals surface area contributed by atoms with Crippen molar-refractivity contribution < 1.29 is 4.79 Å². The molecule has 15 heavy (non-hydrogen) atoms. The fourth-order valence-corrected chi connectivity index (χ4v) is 1.76. The van der Waals surface area contributed by atoms with E-state index in [1.807, 2.05) is 30.3 Å². The first-order valence-electron chi connectivity index (χ1n) is 4.76. The van der Waals surface area contributed by atoms with Gasteiger partial charge >= 0.3 is 0 Å². The van der Waals surface area contributed by atoms with Gasteiger partial charge in [0.05, 0.1) is 23.3 Å². The van der Waals surface area contributed by atoms with Crippen LogP contribution >= 0.6 is 0 Å². The first-order valence-corrected chi connectivity index (χ1v) is 4.76. The molecule has 74 valence electrons. The molecule has 0 fully saturated rings. The van der Waals surface area contributed by atoms with Crippen LogP contribution in [0, 0.1) is 0 Å². The van der Waals surface area contributed by atoms with Gasteiger partial charge in [-0.2, -0.15) is 0 Å². The van der Waals surface area contributed by atoms with Crippen molar-refractivity contribution in [1.82, 2.24) is 15.8 Å². The maximum atomic E-state index is 11.5. The van der Waals surface area contributed by atoms with Crippen molar-refractivity contribution in [1.29, 1.82) is 0 Å². The van der Waals surface area contributed by atoms with Crippen molar-refractivity contribution in [2.45, 2.75) is 6.54 Å². The summed E-state index contributed by atoms with van der Waals surface area (Å²) in [5, 5.41) is 0.994. The number of aromatic nitrogens is 1. The summed E-state index contributed by atoms with van der Waals surface area (Å²) in [4.78, 5) is 16.0. The van der Waals surface area contributed by atoms with Gasteiger partial charge in [-0.3, -0.25) is 15.2 Å². The number of hydrazine groups is 1. The van der Waals surface area contributed by atoms with Gasteiger partial charge in [-0.15, -0.1) is 0 Å². The number of para-hydroxylation sites is 1. The minimum absolute atomic E-state index is 0.116. The summed E-state index contributed by atoms with van der Waals surface area (Å²) in [5.74, 6) is -0.116. The second-order valence-corrected chi connectivity index (χ2v) is 3.48. The molecule has 0 bridgehead atoms. The number of carbonyl (C=O) groups excluding carboxylic acids is 1. The van der Waals surface area contributed by atoms with E-state index in [4.69, 9.17) is 0 Å². The average molecular weight is 199 g/mol. The minimum Gasteiger partial charge on any atom is -0.287 e. The molecule has 3 rings (SSSR count). The standard InChI is InChI=1S/C11H9N3O/c15-11-8-5-7-3-1-2-4-9(7)13-10(8)6-12-14-11/h1-5,12H,6H2,(H,14,15). The first kappa shape index (κ1) is 8.38. The molecule has 1 aliphatic rings. The fraction of sp³-hybridized carbons (Fsp3) is 0.0909. The van der Waals surface area contributed by atoms with Crippen molar-refractivity contribution >= 4 is 16.8 Å². The molecule has 0 aliphatic carbocycles. The highest BCUT2D eigenvalue weighted by Gasteiger charge is 2.17. The average Bonchev–Trinajstić information content (AvgIpc) is 2.27. The second-order valence-electron chi connectivity index (χ2n) is 3.48. The maximum Gasteiger partial charge on any atom is 0.267 e. The summed E-state index contributed by atoms with van der Waals surface area (Å²) in [7, 11) is 0. The molecule has 0 radical (unpaired) electrons. The number of nitrogens with zero attached hydrogens (tertiary/aromatic N) is 1. The van der Waals surface area contributed by atoms with Crippen molar-refractivity contribution in [3.05, 3.63) is 41.6 Å². The van der Waals surface area contributed by atoms with E-state index in [9.17, 15) is 4.79 Å². The summed E-state index contributed by atoms with van der Waals surface area (Å²) in [6, 6.07) is 9.67. The Bertz CT molecular complexity index is 551. The highest BCUT2D eigenvalue weighted by molar-refractivity contribution is 5.99. The molecule has 4 heteroatoms. The number of rotatable bonds is 0. The Balaban J connectivity index is 2.32. The van der Waals surface area contributed by atoms with Crippen LogP contribution < -0.4 is 10.9 Å². The number of fused-ring (bicyclic) bond motifs is 2. The predicted molar refractivity (Wildman–Crippen MR) is 56.0 cm³/mol. The first-order chi connectivity index (χ1) is 7.34. The predicted octanol–water partition coefficient (Wildman–Crippen LogP) is 0.983. The number of carbonyl (C=O) groups is 1. The topological polar surface area (TPSA) is 54.0 Å². The molecule has 2 aromatic rings. The van der Waals surface area contributed by atoms with E-state index in [1.54, 1.807) is 0 Å². The Morgan fingerprint density at radius 3 is 3.07 bits per heavy atom. The van der Waals surface area contributed by atoms with E-state index in [0.29, 0.717) is 12.1 Å².